The Morgan fingerprint density at radius 1 is 1.56 bits per heavy atom. The van der Waals surface area contributed by atoms with Crippen LogP contribution in [0.15, 0.2) is 10.5 Å². The van der Waals surface area contributed by atoms with E-state index in [0.29, 0.717) is 30.7 Å². The largest absolute Gasteiger partial charge is 0.466 e. The van der Waals surface area contributed by atoms with Crippen LogP contribution in [0.2, 0.25) is 0 Å². The maximum absolute atomic E-state index is 11.7. The van der Waals surface area contributed by atoms with Gasteiger partial charge in [0.1, 0.15) is 11.5 Å². The highest BCUT2D eigenvalue weighted by Crippen LogP contribution is 2.13. The summed E-state index contributed by atoms with van der Waals surface area (Å²) < 4.78 is 5.27. The zero-order valence-electron chi connectivity index (χ0n) is 10.0. The Hall–Kier alpha value is -1.29. The predicted octanol–water partition coefficient (Wildman–Crippen LogP) is 1.79. The Labute approximate surface area is 95.7 Å². The zero-order valence-corrected chi connectivity index (χ0v) is 10.0. The smallest absolute Gasteiger partial charge is 0.254 e. The van der Waals surface area contributed by atoms with E-state index in [9.17, 15) is 9.90 Å². The topological polar surface area (TPSA) is 62.5 Å². The number of nitrogens with one attached hydrogen (secondary N) is 1. The van der Waals surface area contributed by atoms with Gasteiger partial charge in [-0.05, 0) is 32.8 Å². The third-order valence-electron chi connectivity index (χ3n) is 2.52. The van der Waals surface area contributed by atoms with Crippen LogP contribution < -0.4 is 5.32 Å². The second-order valence-electron chi connectivity index (χ2n) is 3.93. The molecule has 0 fully saturated rings. The van der Waals surface area contributed by atoms with Gasteiger partial charge in [0, 0.05) is 6.54 Å². The molecule has 1 amide bonds. The minimum absolute atomic E-state index is 0.141. The number of amides is 1. The number of rotatable bonds is 5. The number of furan rings is 1. The zero-order chi connectivity index (χ0) is 12.1. The van der Waals surface area contributed by atoms with Crippen molar-refractivity contribution in [3.05, 3.63) is 23.2 Å². The third-order valence-corrected chi connectivity index (χ3v) is 2.52. The summed E-state index contributed by atoms with van der Waals surface area (Å²) in [5.41, 5.74) is 0.573. The van der Waals surface area contributed by atoms with Gasteiger partial charge in [-0.2, -0.15) is 0 Å². The standard InChI is InChI=1S/C12H19NO3/c1-4-10(14)5-6-13-12(15)11-7-8(2)16-9(11)3/h7,10,14H,4-6H2,1-3H3,(H,13,15). The van der Waals surface area contributed by atoms with E-state index in [-0.39, 0.29) is 12.0 Å². The van der Waals surface area contributed by atoms with Crippen LogP contribution >= 0.6 is 0 Å². The van der Waals surface area contributed by atoms with Gasteiger partial charge in [-0.15, -0.1) is 0 Å². The van der Waals surface area contributed by atoms with E-state index in [1.807, 2.05) is 13.8 Å². The summed E-state index contributed by atoms with van der Waals surface area (Å²) in [6.45, 7) is 5.97. The highest BCUT2D eigenvalue weighted by Gasteiger charge is 2.13. The van der Waals surface area contributed by atoms with Gasteiger partial charge < -0.3 is 14.8 Å². The van der Waals surface area contributed by atoms with E-state index in [1.165, 1.54) is 0 Å². The van der Waals surface area contributed by atoms with Gasteiger partial charge in [0.2, 0.25) is 0 Å². The van der Waals surface area contributed by atoms with Crippen molar-refractivity contribution in [2.45, 2.75) is 39.7 Å². The van der Waals surface area contributed by atoms with E-state index in [4.69, 9.17) is 4.42 Å². The lowest BCUT2D eigenvalue weighted by Gasteiger charge is -2.08. The van der Waals surface area contributed by atoms with Gasteiger partial charge in [-0.3, -0.25) is 4.79 Å². The first-order chi connectivity index (χ1) is 7.54. The average Bonchev–Trinajstić information content (AvgIpc) is 2.57. The van der Waals surface area contributed by atoms with Gasteiger partial charge in [-0.25, -0.2) is 0 Å². The second kappa shape index (κ2) is 5.70. The van der Waals surface area contributed by atoms with E-state index >= 15 is 0 Å². The molecule has 0 aromatic carbocycles. The molecule has 1 rings (SSSR count). The van der Waals surface area contributed by atoms with Crippen LogP contribution in [0, 0.1) is 13.8 Å². The molecule has 0 saturated heterocycles. The van der Waals surface area contributed by atoms with Crippen molar-refractivity contribution >= 4 is 5.91 Å². The minimum Gasteiger partial charge on any atom is -0.466 e. The predicted molar refractivity (Wildman–Crippen MR) is 61.4 cm³/mol. The monoisotopic (exact) mass is 225 g/mol. The van der Waals surface area contributed by atoms with Crippen LogP contribution in [-0.4, -0.2) is 23.7 Å². The fourth-order valence-electron chi connectivity index (χ4n) is 1.51. The van der Waals surface area contributed by atoms with Crippen LogP contribution in [0.5, 0.6) is 0 Å². The Morgan fingerprint density at radius 3 is 2.75 bits per heavy atom. The van der Waals surface area contributed by atoms with Crippen molar-refractivity contribution in [1.29, 1.82) is 0 Å². The summed E-state index contributed by atoms with van der Waals surface area (Å²) in [7, 11) is 0. The maximum Gasteiger partial charge on any atom is 0.254 e. The second-order valence-corrected chi connectivity index (χ2v) is 3.93. The Morgan fingerprint density at radius 2 is 2.25 bits per heavy atom. The van der Waals surface area contributed by atoms with Crippen LogP contribution in [-0.2, 0) is 0 Å². The summed E-state index contributed by atoms with van der Waals surface area (Å²) in [4.78, 5) is 11.7. The van der Waals surface area contributed by atoms with Gasteiger partial charge in [0.25, 0.3) is 5.91 Å². The lowest BCUT2D eigenvalue weighted by Crippen LogP contribution is -2.27. The number of carbonyl (C=O) groups is 1. The van der Waals surface area contributed by atoms with Crippen molar-refractivity contribution in [3.8, 4) is 0 Å². The first-order valence-corrected chi connectivity index (χ1v) is 5.58. The van der Waals surface area contributed by atoms with Gasteiger partial charge in [0.15, 0.2) is 0 Å². The molecule has 1 unspecified atom stereocenters. The van der Waals surface area contributed by atoms with Crippen molar-refractivity contribution in [2.75, 3.05) is 6.54 Å². The number of hydrogen-bond donors (Lipinski definition) is 2. The molecule has 0 saturated carbocycles. The number of aryl methyl sites for hydroxylation is 2. The lowest BCUT2D eigenvalue weighted by atomic mass is 10.2. The molecular weight excluding hydrogens is 206 g/mol. The van der Waals surface area contributed by atoms with Crippen LogP contribution in [0.25, 0.3) is 0 Å². The summed E-state index contributed by atoms with van der Waals surface area (Å²) in [5, 5.41) is 12.1. The molecule has 0 spiro atoms. The maximum atomic E-state index is 11.7. The number of hydrogen-bond acceptors (Lipinski definition) is 3. The Kier molecular flexibility index (Phi) is 4.55. The van der Waals surface area contributed by atoms with E-state index in [2.05, 4.69) is 5.32 Å². The van der Waals surface area contributed by atoms with Crippen molar-refractivity contribution in [1.82, 2.24) is 5.32 Å². The molecule has 4 nitrogen and oxygen atoms in total. The van der Waals surface area contributed by atoms with Crippen molar-refractivity contribution in [2.24, 2.45) is 0 Å². The minimum atomic E-state index is -0.340. The molecule has 0 bridgehead atoms. The summed E-state index contributed by atoms with van der Waals surface area (Å²) in [6, 6.07) is 1.72. The van der Waals surface area contributed by atoms with Gasteiger partial charge >= 0.3 is 0 Å². The Bertz CT molecular complexity index is 357. The van der Waals surface area contributed by atoms with E-state index in [1.54, 1.807) is 13.0 Å². The Balaban J connectivity index is 2.44. The fourth-order valence-corrected chi connectivity index (χ4v) is 1.51. The SMILES string of the molecule is CCC(O)CCNC(=O)c1cc(C)oc1C. The van der Waals surface area contributed by atoms with Crippen molar-refractivity contribution < 1.29 is 14.3 Å². The lowest BCUT2D eigenvalue weighted by molar-refractivity contribution is 0.0940. The molecule has 0 aliphatic heterocycles. The molecule has 1 heterocycles. The molecule has 2 N–H and O–H groups in total. The van der Waals surface area contributed by atoms with Crippen LogP contribution in [0.1, 0.15) is 41.6 Å². The molecule has 0 aliphatic carbocycles. The number of carbonyl (C=O) groups excluding carboxylic acids is 1. The quantitative estimate of drug-likeness (QED) is 0.803. The van der Waals surface area contributed by atoms with Crippen LogP contribution in [0.3, 0.4) is 0 Å². The number of aliphatic hydroxyl groups excluding tert-OH is 1. The third kappa shape index (κ3) is 3.38. The van der Waals surface area contributed by atoms with E-state index < -0.39 is 0 Å². The highest BCUT2D eigenvalue weighted by molar-refractivity contribution is 5.95. The molecule has 0 aliphatic rings. The number of aliphatic hydroxyl groups is 1. The van der Waals surface area contributed by atoms with Crippen LogP contribution in [0.4, 0.5) is 0 Å². The summed E-state index contributed by atoms with van der Waals surface area (Å²) >= 11 is 0. The highest BCUT2D eigenvalue weighted by atomic mass is 16.3. The molecule has 90 valence electrons. The van der Waals surface area contributed by atoms with E-state index in [0.717, 1.165) is 5.76 Å². The molecule has 0 radical (unpaired) electrons. The molecule has 16 heavy (non-hydrogen) atoms. The first-order valence-electron chi connectivity index (χ1n) is 5.58. The molecule has 4 heteroatoms. The molecular formula is C12H19NO3. The normalized spacial score (nSPS) is 12.5. The van der Waals surface area contributed by atoms with Crippen molar-refractivity contribution in [3.63, 3.8) is 0 Å². The molecule has 1 atom stereocenters. The van der Waals surface area contributed by atoms with Gasteiger partial charge in [-0.1, -0.05) is 6.92 Å². The average molecular weight is 225 g/mol. The fraction of sp³-hybridized carbons (Fsp3) is 0.583. The van der Waals surface area contributed by atoms with Gasteiger partial charge in [0.05, 0.1) is 11.7 Å². The molecule has 1 aromatic rings. The summed E-state index contributed by atoms with van der Waals surface area (Å²) in [6.07, 6.45) is 0.949. The molecule has 1 aromatic heterocycles. The first kappa shape index (κ1) is 12.8. The summed E-state index contributed by atoms with van der Waals surface area (Å²) in [5.74, 6) is 1.22.